The van der Waals surface area contributed by atoms with Crippen LogP contribution in [0.5, 0.6) is 0 Å². The number of nitrogens with one attached hydrogen (secondary N) is 2. The number of fused-ring (bicyclic) bond motifs is 4. The number of nitrogens with zero attached hydrogens (tertiary/aromatic N) is 3. The molecule has 1 amide bonds. The van der Waals surface area contributed by atoms with Crippen molar-refractivity contribution in [1.29, 1.82) is 0 Å². The van der Waals surface area contributed by atoms with Gasteiger partial charge in [-0.15, -0.1) is 11.3 Å². The maximum atomic E-state index is 12.4. The number of aromatic nitrogens is 3. The Morgan fingerprint density at radius 2 is 2.15 bits per heavy atom. The number of anilines is 2. The van der Waals surface area contributed by atoms with E-state index in [0.29, 0.717) is 30.1 Å². The molecule has 4 aromatic rings. The van der Waals surface area contributed by atoms with Crippen LogP contribution in [-0.4, -0.2) is 32.6 Å². The molecule has 3 heterocycles. The summed E-state index contributed by atoms with van der Waals surface area (Å²) in [5.74, 6) is -0.0206. The number of hydrogen-bond donors (Lipinski definition) is 2. The second kappa shape index (κ2) is 8.44. The molecule has 6 nitrogen and oxygen atoms in total. The number of halogens is 4. The summed E-state index contributed by atoms with van der Waals surface area (Å²) in [5, 5.41) is 7.28. The average molecular weight is 514 g/mol. The second-order valence-corrected chi connectivity index (χ2v) is 10.7. The summed E-state index contributed by atoms with van der Waals surface area (Å²) in [6.45, 7) is -0.396. The molecule has 0 unspecified atom stereocenters. The lowest BCUT2D eigenvalue weighted by molar-refractivity contribution is -0.136. The maximum Gasteiger partial charge on any atom is 0.390 e. The van der Waals surface area contributed by atoms with E-state index in [-0.39, 0.29) is 11.8 Å². The van der Waals surface area contributed by atoms with Gasteiger partial charge in [-0.1, -0.05) is 23.1 Å². The van der Waals surface area contributed by atoms with Gasteiger partial charge in [0.2, 0.25) is 5.91 Å². The van der Waals surface area contributed by atoms with Crippen molar-refractivity contribution in [3.8, 4) is 0 Å². The van der Waals surface area contributed by atoms with Crippen LogP contribution < -0.4 is 10.6 Å². The van der Waals surface area contributed by atoms with E-state index >= 15 is 0 Å². The Labute approximate surface area is 199 Å². The van der Waals surface area contributed by atoms with E-state index in [1.165, 1.54) is 17.7 Å². The molecule has 1 aliphatic carbocycles. The smallest absolute Gasteiger partial charge is 0.356 e. The van der Waals surface area contributed by atoms with E-state index in [9.17, 15) is 18.0 Å². The third-order valence-corrected chi connectivity index (χ3v) is 8.27. The first-order valence-corrected chi connectivity index (χ1v) is 12.3. The molecule has 1 aromatic carbocycles. The molecule has 3 aromatic heterocycles. The van der Waals surface area contributed by atoms with Crippen molar-refractivity contribution in [1.82, 2.24) is 19.2 Å². The first-order valence-electron chi connectivity index (χ1n) is 10.3. The lowest BCUT2D eigenvalue weighted by Crippen LogP contribution is -2.35. The van der Waals surface area contributed by atoms with E-state index in [4.69, 9.17) is 11.6 Å². The van der Waals surface area contributed by atoms with E-state index in [0.717, 1.165) is 36.6 Å². The summed E-state index contributed by atoms with van der Waals surface area (Å²) in [5.41, 5.74) is 2.93. The highest BCUT2D eigenvalue weighted by molar-refractivity contribution is 7.19. The number of benzene rings is 1. The third-order valence-electron chi connectivity index (χ3n) is 5.80. The fraction of sp³-hybridized carbons (Fsp3) is 0.381. The van der Waals surface area contributed by atoms with Gasteiger partial charge in [-0.3, -0.25) is 8.75 Å². The molecular weight excluding hydrogens is 495 g/mol. The Bertz CT molecular complexity index is 1360. The van der Waals surface area contributed by atoms with Crippen molar-refractivity contribution in [3.05, 3.63) is 33.9 Å². The van der Waals surface area contributed by atoms with Crippen LogP contribution in [-0.2, 0) is 24.7 Å². The molecule has 2 N–H and O–H groups in total. The quantitative estimate of drug-likeness (QED) is 0.353. The zero-order chi connectivity index (χ0) is 23.3. The first-order chi connectivity index (χ1) is 15.7. The second-order valence-electron chi connectivity index (χ2n) is 8.02. The number of hydrogen-bond acceptors (Lipinski definition) is 6. The predicted octanol–water partition coefficient (Wildman–Crippen LogP) is 5.82. The molecular formula is C21H19ClF3N5OS2. The van der Waals surface area contributed by atoms with Crippen molar-refractivity contribution in [3.63, 3.8) is 0 Å². The van der Waals surface area contributed by atoms with E-state index in [1.807, 2.05) is 23.1 Å². The highest BCUT2D eigenvalue weighted by atomic mass is 35.5. The average Bonchev–Trinajstić information content (AvgIpc) is 3.13. The first kappa shape index (κ1) is 22.4. The summed E-state index contributed by atoms with van der Waals surface area (Å²) >= 11 is 9.62. The molecule has 174 valence electrons. The molecule has 0 aliphatic heterocycles. The SMILES string of the molecule is Cn1sc2cc(Nc3ncnc4sc5c(c34)CC[C@H](C(=O)NCCC(F)(F)F)C5)c(Cl)cc21. The van der Waals surface area contributed by atoms with Gasteiger partial charge >= 0.3 is 6.18 Å². The summed E-state index contributed by atoms with van der Waals surface area (Å²) < 4.78 is 40.3. The van der Waals surface area contributed by atoms with Gasteiger partial charge in [0, 0.05) is 24.4 Å². The van der Waals surface area contributed by atoms with Gasteiger partial charge in [-0.25, -0.2) is 9.97 Å². The van der Waals surface area contributed by atoms with Gasteiger partial charge < -0.3 is 10.6 Å². The van der Waals surface area contributed by atoms with Crippen LogP contribution in [0, 0.1) is 5.92 Å². The minimum atomic E-state index is -4.28. The number of rotatable bonds is 5. The van der Waals surface area contributed by atoms with Crippen molar-refractivity contribution in [2.45, 2.75) is 31.9 Å². The third kappa shape index (κ3) is 4.41. The number of carbonyl (C=O) groups excluding carboxylic acids is 1. The van der Waals surface area contributed by atoms with Crippen molar-refractivity contribution in [2.24, 2.45) is 13.0 Å². The summed E-state index contributed by atoms with van der Waals surface area (Å²) in [7, 11) is 1.98. The fourth-order valence-corrected chi connectivity index (χ4v) is 6.49. The molecule has 0 radical (unpaired) electrons. The number of alkyl halides is 3. The van der Waals surface area contributed by atoms with Crippen LogP contribution >= 0.6 is 34.5 Å². The summed E-state index contributed by atoms with van der Waals surface area (Å²) in [6.07, 6.45) is -2.13. The fourth-order valence-electron chi connectivity index (χ4n) is 4.14. The monoisotopic (exact) mass is 513 g/mol. The Morgan fingerprint density at radius 1 is 1.33 bits per heavy atom. The van der Waals surface area contributed by atoms with Crippen LogP contribution in [0.1, 0.15) is 23.3 Å². The van der Waals surface area contributed by atoms with Gasteiger partial charge in [0.15, 0.2) is 0 Å². The van der Waals surface area contributed by atoms with Crippen molar-refractivity contribution in [2.75, 3.05) is 11.9 Å². The lowest BCUT2D eigenvalue weighted by Gasteiger charge is -2.22. The lowest BCUT2D eigenvalue weighted by atomic mass is 9.87. The highest BCUT2D eigenvalue weighted by Gasteiger charge is 2.31. The summed E-state index contributed by atoms with van der Waals surface area (Å²) in [4.78, 5) is 23.1. The van der Waals surface area contributed by atoms with Crippen LogP contribution in [0.2, 0.25) is 5.02 Å². The van der Waals surface area contributed by atoms with E-state index < -0.39 is 19.1 Å². The molecule has 5 rings (SSSR count). The summed E-state index contributed by atoms with van der Waals surface area (Å²) in [6, 6.07) is 3.91. The molecule has 33 heavy (non-hydrogen) atoms. The van der Waals surface area contributed by atoms with Gasteiger partial charge in [0.05, 0.1) is 32.7 Å². The van der Waals surface area contributed by atoms with Crippen molar-refractivity contribution >= 4 is 72.3 Å². The van der Waals surface area contributed by atoms with Crippen LogP contribution in [0.4, 0.5) is 24.7 Å². The maximum absolute atomic E-state index is 12.4. The molecule has 12 heteroatoms. The number of thiophene rings is 1. The Hall–Kier alpha value is -2.37. The van der Waals surface area contributed by atoms with Gasteiger partial charge in [-0.2, -0.15) is 13.2 Å². The number of aryl methyl sites for hydroxylation is 2. The number of carbonyl (C=O) groups is 1. The zero-order valence-electron chi connectivity index (χ0n) is 17.4. The molecule has 0 bridgehead atoms. The van der Waals surface area contributed by atoms with Crippen LogP contribution in [0.3, 0.4) is 0 Å². The Kier molecular flexibility index (Phi) is 5.74. The largest absolute Gasteiger partial charge is 0.390 e. The van der Waals surface area contributed by atoms with Gasteiger partial charge in [0.25, 0.3) is 0 Å². The van der Waals surface area contributed by atoms with Crippen molar-refractivity contribution < 1.29 is 18.0 Å². The standard InChI is InChI=1S/C21H19ClF3N5OS2/c1-30-14-7-12(22)13(8-16(14)33-30)29-18-17-11-3-2-10(19(31)26-5-4-21(23,24)25)6-15(11)32-20(17)28-9-27-18/h7-10H,2-6H2,1H3,(H,26,31)(H,27,28,29)/t10-/m0/s1. The topological polar surface area (TPSA) is 71.8 Å². The molecule has 1 atom stereocenters. The minimum Gasteiger partial charge on any atom is -0.356 e. The molecule has 0 spiro atoms. The van der Waals surface area contributed by atoms with E-state index in [2.05, 4.69) is 20.6 Å². The number of amides is 1. The van der Waals surface area contributed by atoms with Gasteiger partial charge in [0.1, 0.15) is 17.0 Å². The molecule has 0 saturated carbocycles. The minimum absolute atomic E-state index is 0.330. The Morgan fingerprint density at radius 3 is 2.91 bits per heavy atom. The van der Waals surface area contributed by atoms with E-state index in [1.54, 1.807) is 11.5 Å². The van der Waals surface area contributed by atoms with Gasteiger partial charge in [-0.05, 0) is 37.0 Å². The Balaban J connectivity index is 1.37. The normalized spacial score (nSPS) is 16.3. The predicted molar refractivity (Wildman–Crippen MR) is 126 cm³/mol. The highest BCUT2D eigenvalue weighted by Crippen LogP contribution is 2.42. The molecule has 0 saturated heterocycles. The molecule has 1 aliphatic rings. The van der Waals surface area contributed by atoms with Crippen LogP contribution in [0.25, 0.3) is 20.4 Å². The molecule has 0 fully saturated rings. The zero-order valence-corrected chi connectivity index (χ0v) is 19.8. The van der Waals surface area contributed by atoms with Crippen LogP contribution in [0.15, 0.2) is 18.5 Å².